The second-order valence-electron chi connectivity index (χ2n) is 10.5. The van der Waals surface area contributed by atoms with Gasteiger partial charge in [0.2, 0.25) is 5.88 Å². The second kappa shape index (κ2) is 13.1. The van der Waals surface area contributed by atoms with Crippen molar-refractivity contribution in [2.24, 2.45) is 0 Å². The quantitative estimate of drug-likeness (QED) is 0.217. The molecule has 0 spiro atoms. The Morgan fingerprint density at radius 2 is 1.76 bits per heavy atom. The molecule has 0 saturated carbocycles. The molecule has 0 atom stereocenters. The van der Waals surface area contributed by atoms with E-state index in [1.165, 1.54) is 0 Å². The van der Waals surface area contributed by atoms with E-state index in [0.717, 1.165) is 38.5 Å². The molecule has 46 heavy (non-hydrogen) atoms. The zero-order valence-corrected chi connectivity index (χ0v) is 24.7. The monoisotopic (exact) mass is 618 g/mol. The minimum Gasteiger partial charge on any atom is -0.492 e. The summed E-state index contributed by atoms with van der Waals surface area (Å²) in [4.78, 5) is 24.5. The Morgan fingerprint density at radius 3 is 2.54 bits per heavy atom. The lowest BCUT2D eigenvalue weighted by atomic mass is 10.2. The number of pyridine rings is 1. The third kappa shape index (κ3) is 6.36. The van der Waals surface area contributed by atoms with Crippen LogP contribution in [0.2, 0.25) is 0 Å². The summed E-state index contributed by atoms with van der Waals surface area (Å²) in [6.07, 6.45) is 1.61. The van der Waals surface area contributed by atoms with E-state index >= 15 is 0 Å². The van der Waals surface area contributed by atoms with E-state index in [9.17, 15) is 4.79 Å². The maximum absolute atomic E-state index is 13.0. The Bertz CT molecular complexity index is 1950. The lowest BCUT2D eigenvalue weighted by Crippen LogP contribution is -2.38. The number of nitrogen functional groups attached to an aromatic ring is 1. The number of fused-ring (bicyclic) bond motifs is 1. The number of aromatic nitrogens is 5. The van der Waals surface area contributed by atoms with Crippen LogP contribution >= 0.6 is 0 Å². The molecular formula is C33H30N8O5. The first kappa shape index (κ1) is 29.0. The number of para-hydroxylation sites is 1. The van der Waals surface area contributed by atoms with Crippen molar-refractivity contribution >= 4 is 28.4 Å². The number of ether oxygens (including phenoxy) is 3. The summed E-state index contributed by atoms with van der Waals surface area (Å²) < 4.78 is 24.1. The van der Waals surface area contributed by atoms with Gasteiger partial charge < -0.3 is 25.3 Å². The highest BCUT2D eigenvalue weighted by Gasteiger charge is 2.21. The summed E-state index contributed by atoms with van der Waals surface area (Å²) in [5.74, 6) is 1.86. The Kier molecular flexibility index (Phi) is 8.22. The van der Waals surface area contributed by atoms with Crippen molar-refractivity contribution in [1.82, 2.24) is 29.7 Å². The number of carbonyl (C=O) groups excluding carboxylic acids is 1. The molecule has 0 unspecified atom stereocenters. The SMILES string of the molecule is Nc1nonc1-c1nc2cnc(Oc3cccc(NC(=O)c4ccc(OCCN5CCOCC5)cc4)c3)cc2n1-c1ccccc1. The summed E-state index contributed by atoms with van der Waals surface area (Å²) in [6, 6.07) is 25.6. The topological polar surface area (TPSA) is 156 Å². The van der Waals surface area contributed by atoms with Gasteiger partial charge in [0.1, 0.15) is 23.6 Å². The Labute approximate surface area is 263 Å². The van der Waals surface area contributed by atoms with Gasteiger partial charge in [-0.05, 0) is 58.8 Å². The number of carbonyl (C=O) groups is 1. The highest BCUT2D eigenvalue weighted by Crippen LogP contribution is 2.32. The van der Waals surface area contributed by atoms with Gasteiger partial charge in [0.25, 0.3) is 5.91 Å². The average Bonchev–Trinajstić information content (AvgIpc) is 3.69. The summed E-state index contributed by atoms with van der Waals surface area (Å²) in [5, 5.41) is 10.6. The normalized spacial score (nSPS) is 13.5. The van der Waals surface area contributed by atoms with Crippen molar-refractivity contribution in [2.45, 2.75) is 0 Å². The van der Waals surface area contributed by atoms with Crippen molar-refractivity contribution in [3.05, 3.63) is 96.7 Å². The maximum Gasteiger partial charge on any atom is 0.255 e. The van der Waals surface area contributed by atoms with Gasteiger partial charge in [0, 0.05) is 48.7 Å². The summed E-state index contributed by atoms with van der Waals surface area (Å²) in [6.45, 7) is 4.75. The van der Waals surface area contributed by atoms with Crippen molar-refractivity contribution in [3.63, 3.8) is 0 Å². The minimum atomic E-state index is -0.252. The minimum absolute atomic E-state index is 0.125. The number of nitrogens with one attached hydrogen (secondary N) is 1. The third-order valence-corrected chi connectivity index (χ3v) is 7.47. The van der Waals surface area contributed by atoms with Gasteiger partial charge in [-0.2, -0.15) is 0 Å². The zero-order chi connectivity index (χ0) is 31.3. The van der Waals surface area contributed by atoms with Crippen molar-refractivity contribution in [3.8, 4) is 34.6 Å². The van der Waals surface area contributed by atoms with Gasteiger partial charge in [-0.3, -0.25) is 14.3 Å². The number of rotatable bonds is 10. The number of nitrogens with zero attached hydrogens (tertiary/aromatic N) is 6. The fourth-order valence-corrected chi connectivity index (χ4v) is 5.15. The smallest absolute Gasteiger partial charge is 0.255 e. The maximum atomic E-state index is 13.0. The lowest BCUT2D eigenvalue weighted by Gasteiger charge is -2.26. The van der Waals surface area contributed by atoms with Crippen LogP contribution in [0.25, 0.3) is 28.2 Å². The van der Waals surface area contributed by atoms with Crippen LogP contribution in [0.3, 0.4) is 0 Å². The third-order valence-electron chi connectivity index (χ3n) is 7.47. The van der Waals surface area contributed by atoms with E-state index in [-0.39, 0.29) is 11.7 Å². The highest BCUT2D eigenvalue weighted by molar-refractivity contribution is 6.04. The lowest BCUT2D eigenvalue weighted by molar-refractivity contribution is 0.0322. The van der Waals surface area contributed by atoms with Gasteiger partial charge in [0.05, 0.1) is 24.9 Å². The fraction of sp³-hybridized carbons (Fsp3) is 0.182. The number of morpholine rings is 1. The second-order valence-corrected chi connectivity index (χ2v) is 10.5. The Morgan fingerprint density at radius 1 is 0.935 bits per heavy atom. The largest absolute Gasteiger partial charge is 0.492 e. The highest BCUT2D eigenvalue weighted by atomic mass is 16.6. The Balaban J connectivity index is 1.04. The number of imidazole rings is 1. The predicted molar refractivity (Wildman–Crippen MR) is 170 cm³/mol. The predicted octanol–water partition coefficient (Wildman–Crippen LogP) is 4.81. The number of amides is 1. The molecule has 13 nitrogen and oxygen atoms in total. The standard InChI is InChI=1S/C33H30N8O5/c34-31-30(38-46-39-31)32-37-27-21-35-29(20-28(27)41(32)24-6-2-1-3-7-24)45-26-8-4-5-23(19-26)36-33(42)22-9-11-25(12-10-22)44-18-15-40-13-16-43-17-14-40/h1-12,19-21H,13-18H2,(H2,34,39)(H,36,42). The zero-order valence-electron chi connectivity index (χ0n) is 24.7. The molecule has 1 fully saturated rings. The molecule has 0 aliphatic carbocycles. The van der Waals surface area contributed by atoms with E-state index in [2.05, 4.69) is 25.5 Å². The molecule has 1 aliphatic rings. The van der Waals surface area contributed by atoms with Crippen LogP contribution in [0, 0.1) is 0 Å². The summed E-state index contributed by atoms with van der Waals surface area (Å²) >= 11 is 0. The summed E-state index contributed by atoms with van der Waals surface area (Å²) in [7, 11) is 0. The molecule has 7 rings (SSSR count). The average molecular weight is 619 g/mol. The Hall–Kier alpha value is -5.79. The van der Waals surface area contributed by atoms with Crippen LogP contribution in [0.4, 0.5) is 11.5 Å². The van der Waals surface area contributed by atoms with Gasteiger partial charge in [-0.15, -0.1) is 0 Å². The molecular weight excluding hydrogens is 588 g/mol. The van der Waals surface area contributed by atoms with Crippen LogP contribution in [-0.2, 0) is 4.74 Å². The molecule has 232 valence electrons. The number of benzene rings is 3. The van der Waals surface area contributed by atoms with Crippen LogP contribution in [0.5, 0.6) is 17.4 Å². The number of hydrogen-bond donors (Lipinski definition) is 2. The van der Waals surface area contributed by atoms with Crippen molar-refractivity contribution in [2.75, 3.05) is 50.5 Å². The van der Waals surface area contributed by atoms with Crippen molar-refractivity contribution < 1.29 is 23.6 Å². The molecule has 1 amide bonds. The van der Waals surface area contributed by atoms with Gasteiger partial charge >= 0.3 is 0 Å². The van der Waals surface area contributed by atoms with Crippen LogP contribution in [-0.4, -0.2) is 75.1 Å². The molecule has 3 aromatic heterocycles. The van der Waals surface area contributed by atoms with E-state index in [0.29, 0.717) is 57.8 Å². The van der Waals surface area contributed by atoms with Crippen LogP contribution in [0.1, 0.15) is 10.4 Å². The van der Waals surface area contributed by atoms with Crippen molar-refractivity contribution in [1.29, 1.82) is 0 Å². The van der Waals surface area contributed by atoms with Gasteiger partial charge in [-0.1, -0.05) is 24.3 Å². The molecule has 6 aromatic rings. The van der Waals surface area contributed by atoms with Gasteiger partial charge in [-0.25, -0.2) is 14.6 Å². The molecule has 1 aliphatic heterocycles. The van der Waals surface area contributed by atoms with E-state index in [1.54, 1.807) is 60.8 Å². The molecule has 4 heterocycles. The molecule has 3 N–H and O–H groups in total. The van der Waals surface area contributed by atoms with Gasteiger partial charge in [0.15, 0.2) is 17.3 Å². The van der Waals surface area contributed by atoms with E-state index in [4.69, 9.17) is 29.6 Å². The first-order valence-corrected chi connectivity index (χ1v) is 14.8. The molecule has 13 heteroatoms. The van der Waals surface area contributed by atoms with E-state index < -0.39 is 0 Å². The molecule has 3 aromatic carbocycles. The van der Waals surface area contributed by atoms with Crippen LogP contribution in [0.15, 0.2) is 95.8 Å². The molecule has 0 radical (unpaired) electrons. The van der Waals surface area contributed by atoms with E-state index in [1.807, 2.05) is 34.9 Å². The summed E-state index contributed by atoms with van der Waals surface area (Å²) in [5.41, 5.74) is 9.54. The fourth-order valence-electron chi connectivity index (χ4n) is 5.15. The number of hydrogen-bond acceptors (Lipinski definition) is 11. The molecule has 1 saturated heterocycles. The number of anilines is 2. The first-order chi connectivity index (χ1) is 22.6. The first-order valence-electron chi connectivity index (χ1n) is 14.8. The number of nitrogens with two attached hydrogens (primary N) is 1. The van der Waals surface area contributed by atoms with Crippen LogP contribution < -0.4 is 20.5 Å². The molecule has 0 bridgehead atoms.